The first-order valence-electron chi connectivity index (χ1n) is 9.35. The van der Waals surface area contributed by atoms with Crippen molar-refractivity contribution < 1.29 is 8.42 Å². The minimum atomic E-state index is -3.20. The maximum absolute atomic E-state index is 12.6. The van der Waals surface area contributed by atoms with Gasteiger partial charge in [-0.15, -0.1) is 0 Å². The molecule has 6 nitrogen and oxygen atoms in total. The number of hydrogen-bond acceptors (Lipinski definition) is 5. The number of hydrogen-bond donors (Lipinski definition) is 1. The normalized spacial score (nSPS) is 16.1. The average Bonchev–Trinajstić information content (AvgIpc) is 3.16. The second-order valence-corrected chi connectivity index (χ2v) is 9.40. The Hall–Kier alpha value is -2.41. The van der Waals surface area contributed by atoms with Gasteiger partial charge in [-0.3, -0.25) is 0 Å². The number of H-pyrrole nitrogens is 1. The van der Waals surface area contributed by atoms with E-state index in [1.807, 2.05) is 31.3 Å². The van der Waals surface area contributed by atoms with E-state index < -0.39 is 9.84 Å². The van der Waals surface area contributed by atoms with Crippen molar-refractivity contribution in [2.75, 3.05) is 23.7 Å². The fourth-order valence-corrected chi connectivity index (χ4v) is 5.16. The Kier molecular flexibility index (Phi) is 4.86. The fraction of sp³-hybridized carbons (Fsp3) is 0.400. The zero-order valence-electron chi connectivity index (χ0n) is 15.4. The number of benzene rings is 1. The van der Waals surface area contributed by atoms with E-state index in [0.29, 0.717) is 17.2 Å². The number of fused-ring (bicyclic) bond motifs is 1. The van der Waals surface area contributed by atoms with Gasteiger partial charge in [-0.1, -0.05) is 17.7 Å². The second-order valence-electron chi connectivity index (χ2n) is 7.29. The van der Waals surface area contributed by atoms with Gasteiger partial charge in [0.2, 0.25) is 0 Å². The highest BCUT2D eigenvalue weighted by Crippen LogP contribution is 2.29. The Labute approximate surface area is 159 Å². The van der Waals surface area contributed by atoms with Crippen LogP contribution >= 0.6 is 0 Å². The Morgan fingerprint density at radius 3 is 2.59 bits per heavy atom. The number of nitrogens with one attached hydrogen (secondary N) is 1. The summed E-state index contributed by atoms with van der Waals surface area (Å²) in [6.07, 6.45) is 6.16. The summed E-state index contributed by atoms with van der Waals surface area (Å²) in [6, 6.07) is 9.14. The molecule has 1 aliphatic rings. The number of anilines is 1. The molecule has 1 saturated heterocycles. The van der Waals surface area contributed by atoms with Crippen molar-refractivity contribution in [3.8, 4) is 0 Å². The second kappa shape index (κ2) is 7.31. The Morgan fingerprint density at radius 1 is 1.11 bits per heavy atom. The molecule has 142 valence electrons. The maximum atomic E-state index is 12.6. The summed E-state index contributed by atoms with van der Waals surface area (Å²) in [5.41, 5.74) is 1.92. The lowest BCUT2D eigenvalue weighted by Gasteiger charge is -2.33. The maximum Gasteiger partial charge on any atom is 0.178 e. The molecule has 1 aliphatic heterocycles. The van der Waals surface area contributed by atoms with Gasteiger partial charge in [-0.25, -0.2) is 18.4 Å². The molecule has 7 heteroatoms. The Bertz CT molecular complexity index is 1020. The molecule has 0 amide bonds. The zero-order valence-corrected chi connectivity index (χ0v) is 16.2. The predicted octanol–water partition coefficient (Wildman–Crippen LogP) is 3.35. The van der Waals surface area contributed by atoms with Gasteiger partial charge >= 0.3 is 0 Å². The van der Waals surface area contributed by atoms with Crippen LogP contribution in [0.4, 0.5) is 5.82 Å². The van der Waals surface area contributed by atoms with Crippen molar-refractivity contribution in [1.82, 2.24) is 15.0 Å². The molecule has 27 heavy (non-hydrogen) atoms. The van der Waals surface area contributed by atoms with Crippen LogP contribution in [0.2, 0.25) is 0 Å². The molecule has 0 atom stereocenters. The molecule has 1 fully saturated rings. The zero-order chi connectivity index (χ0) is 18.9. The molecule has 0 aliphatic carbocycles. The van der Waals surface area contributed by atoms with Crippen LogP contribution in [-0.4, -0.2) is 42.2 Å². The lowest BCUT2D eigenvalue weighted by atomic mass is 9.94. The highest BCUT2D eigenvalue weighted by Gasteiger charge is 2.24. The number of aromatic amines is 1. The Morgan fingerprint density at radius 2 is 1.85 bits per heavy atom. The molecule has 0 bridgehead atoms. The van der Waals surface area contributed by atoms with Crippen LogP contribution in [0.5, 0.6) is 0 Å². The van der Waals surface area contributed by atoms with E-state index in [-0.39, 0.29) is 5.75 Å². The van der Waals surface area contributed by atoms with E-state index in [1.165, 1.54) is 0 Å². The first-order valence-corrected chi connectivity index (χ1v) is 11.0. The summed E-state index contributed by atoms with van der Waals surface area (Å²) >= 11 is 0. The van der Waals surface area contributed by atoms with Gasteiger partial charge in [0, 0.05) is 19.3 Å². The van der Waals surface area contributed by atoms with Crippen molar-refractivity contribution in [2.45, 2.75) is 31.1 Å². The summed E-state index contributed by atoms with van der Waals surface area (Å²) in [5.74, 6) is 1.62. The third-order valence-corrected chi connectivity index (χ3v) is 7.19. The van der Waals surface area contributed by atoms with E-state index >= 15 is 0 Å². The van der Waals surface area contributed by atoms with Crippen molar-refractivity contribution >= 4 is 26.7 Å². The molecule has 0 saturated carbocycles. The first kappa shape index (κ1) is 18.0. The quantitative estimate of drug-likeness (QED) is 0.730. The lowest BCUT2D eigenvalue weighted by molar-refractivity contribution is 0.394. The largest absolute Gasteiger partial charge is 0.356 e. The Balaban J connectivity index is 1.36. The van der Waals surface area contributed by atoms with Crippen LogP contribution in [0, 0.1) is 12.8 Å². The molecule has 0 radical (unpaired) electrons. The van der Waals surface area contributed by atoms with Gasteiger partial charge in [0.15, 0.2) is 9.84 Å². The molecule has 0 spiro atoms. The van der Waals surface area contributed by atoms with E-state index in [2.05, 4.69) is 19.9 Å². The number of aromatic nitrogens is 3. The number of nitrogens with zero attached hydrogens (tertiary/aromatic N) is 3. The minimum Gasteiger partial charge on any atom is -0.356 e. The van der Waals surface area contributed by atoms with Gasteiger partial charge in [0.05, 0.1) is 16.0 Å². The van der Waals surface area contributed by atoms with E-state index in [9.17, 15) is 8.42 Å². The van der Waals surface area contributed by atoms with Crippen LogP contribution in [0.25, 0.3) is 11.0 Å². The first-order chi connectivity index (χ1) is 13.0. The van der Waals surface area contributed by atoms with Gasteiger partial charge in [0.25, 0.3) is 0 Å². The summed E-state index contributed by atoms with van der Waals surface area (Å²) in [6.45, 7) is 3.75. The number of sulfone groups is 1. The molecular formula is C20H24N4O2S. The molecule has 0 unspecified atom stereocenters. The molecule has 1 aromatic carbocycles. The van der Waals surface area contributed by atoms with Crippen molar-refractivity contribution in [1.29, 1.82) is 0 Å². The summed E-state index contributed by atoms with van der Waals surface area (Å²) in [5, 5.41) is 1.04. The fourth-order valence-electron chi connectivity index (χ4n) is 3.73. The summed E-state index contributed by atoms with van der Waals surface area (Å²) < 4.78 is 25.1. The third-order valence-electron chi connectivity index (χ3n) is 5.42. The number of aryl methyl sites for hydroxylation is 1. The van der Waals surface area contributed by atoms with Gasteiger partial charge in [0.1, 0.15) is 17.8 Å². The minimum absolute atomic E-state index is 0.219. The monoisotopic (exact) mass is 384 g/mol. The number of rotatable bonds is 5. The molecule has 2 aromatic heterocycles. The van der Waals surface area contributed by atoms with Crippen LogP contribution in [0.15, 0.2) is 47.8 Å². The molecule has 1 N–H and O–H groups in total. The van der Waals surface area contributed by atoms with Crippen molar-refractivity contribution in [3.63, 3.8) is 0 Å². The van der Waals surface area contributed by atoms with E-state index in [4.69, 9.17) is 0 Å². The van der Waals surface area contributed by atoms with E-state index in [0.717, 1.165) is 48.3 Å². The van der Waals surface area contributed by atoms with Crippen molar-refractivity contribution in [3.05, 3.63) is 48.4 Å². The summed E-state index contributed by atoms with van der Waals surface area (Å²) in [7, 11) is -3.20. The molecule has 4 rings (SSSR count). The standard InChI is InChI=1S/C20H24N4O2S/c1-15-2-4-17(5-3-15)27(25,26)13-9-16-7-11-24(12-8-16)20-18-6-10-21-19(18)22-14-23-20/h2-6,10,14,16H,7-9,11-13H2,1H3,(H,21,22,23). The SMILES string of the molecule is Cc1ccc(S(=O)(=O)CCC2CCN(c3ncnc4[nH]ccc34)CC2)cc1. The van der Waals surface area contributed by atoms with Crippen LogP contribution in [0.1, 0.15) is 24.8 Å². The van der Waals surface area contributed by atoms with Crippen molar-refractivity contribution in [2.24, 2.45) is 5.92 Å². The molecule has 3 aromatic rings. The summed E-state index contributed by atoms with van der Waals surface area (Å²) in [4.78, 5) is 14.5. The number of piperidine rings is 1. The predicted molar refractivity (Wildman–Crippen MR) is 107 cm³/mol. The van der Waals surface area contributed by atoms with Crippen LogP contribution < -0.4 is 4.90 Å². The topological polar surface area (TPSA) is 79.0 Å². The highest BCUT2D eigenvalue weighted by atomic mass is 32.2. The average molecular weight is 385 g/mol. The van der Waals surface area contributed by atoms with E-state index in [1.54, 1.807) is 18.5 Å². The lowest BCUT2D eigenvalue weighted by Crippen LogP contribution is -2.35. The van der Waals surface area contributed by atoms with Crippen LogP contribution in [-0.2, 0) is 9.84 Å². The highest BCUT2D eigenvalue weighted by molar-refractivity contribution is 7.91. The van der Waals surface area contributed by atoms with Gasteiger partial charge in [-0.05, 0) is 50.3 Å². The molecular weight excluding hydrogens is 360 g/mol. The van der Waals surface area contributed by atoms with Gasteiger partial charge < -0.3 is 9.88 Å². The molecule has 3 heterocycles. The van der Waals surface area contributed by atoms with Crippen LogP contribution in [0.3, 0.4) is 0 Å². The van der Waals surface area contributed by atoms with Gasteiger partial charge in [-0.2, -0.15) is 0 Å². The smallest absolute Gasteiger partial charge is 0.178 e. The third kappa shape index (κ3) is 3.83.